The summed E-state index contributed by atoms with van der Waals surface area (Å²) in [7, 11) is -4.24. The monoisotopic (exact) mass is 192 g/mol. The third-order valence-corrected chi connectivity index (χ3v) is 3.88. The van der Waals surface area contributed by atoms with Crippen molar-refractivity contribution in [2.75, 3.05) is 5.88 Å². The molecular weight excluding hydrogens is 186 g/mol. The molecule has 0 aliphatic carbocycles. The van der Waals surface area contributed by atoms with Crippen molar-refractivity contribution in [2.24, 2.45) is 0 Å². The molecule has 0 aliphatic rings. The molecule has 0 aromatic heterocycles. The Morgan fingerprint density at radius 3 is 2.00 bits per heavy atom. The Balaban J connectivity index is 4.34. The molecule has 9 heavy (non-hydrogen) atoms. The topological polar surface area (TPSA) is 57.5 Å². The number of rotatable bonds is 2. The first-order chi connectivity index (χ1) is 3.81. The van der Waals surface area contributed by atoms with Crippen LogP contribution in [0.2, 0.25) is 0 Å². The summed E-state index contributed by atoms with van der Waals surface area (Å²) in [5.41, 5.74) is 0. The molecule has 6 heteroatoms. The minimum atomic E-state index is -4.24. The molecule has 0 radical (unpaired) electrons. The van der Waals surface area contributed by atoms with Crippen LogP contribution in [0.4, 0.5) is 0 Å². The molecule has 0 bridgehead atoms. The summed E-state index contributed by atoms with van der Waals surface area (Å²) in [5.74, 6) is -0.265. The molecule has 0 rings (SSSR count). The molecule has 56 valence electrons. The second-order valence-corrected chi connectivity index (χ2v) is 5.26. The van der Waals surface area contributed by atoms with Gasteiger partial charge in [-0.2, -0.15) is 0 Å². The lowest BCUT2D eigenvalue weighted by Crippen LogP contribution is -2.18. The first kappa shape index (κ1) is 9.73. The zero-order valence-corrected chi connectivity index (χ0v) is 7.12. The Kier molecular flexibility index (Phi) is 2.99. The lowest BCUT2D eigenvalue weighted by molar-refractivity contribution is 0.357. The van der Waals surface area contributed by atoms with Crippen molar-refractivity contribution in [1.29, 1.82) is 0 Å². The first-order valence-electron chi connectivity index (χ1n) is 2.12. The van der Waals surface area contributed by atoms with Crippen LogP contribution in [0.15, 0.2) is 0 Å². The van der Waals surface area contributed by atoms with Crippen molar-refractivity contribution in [3.05, 3.63) is 0 Å². The van der Waals surface area contributed by atoms with Crippen LogP contribution < -0.4 is 0 Å². The van der Waals surface area contributed by atoms with E-state index in [1.165, 1.54) is 6.92 Å². The van der Waals surface area contributed by atoms with Gasteiger partial charge in [0.05, 0.1) is 5.88 Å². The van der Waals surface area contributed by atoms with Crippen LogP contribution in [0, 0.1) is 0 Å². The van der Waals surface area contributed by atoms with Crippen molar-refractivity contribution in [3.63, 3.8) is 0 Å². The average Bonchev–Trinajstić information content (AvgIpc) is 1.64. The zero-order chi connectivity index (χ0) is 7.71. The Morgan fingerprint density at radius 2 is 2.00 bits per heavy atom. The van der Waals surface area contributed by atoms with Gasteiger partial charge in [-0.25, -0.2) is 0 Å². The van der Waals surface area contributed by atoms with Crippen LogP contribution in [0.25, 0.3) is 0 Å². The Morgan fingerprint density at radius 1 is 1.67 bits per heavy atom. The average molecular weight is 193 g/mol. The van der Waals surface area contributed by atoms with E-state index in [1.807, 2.05) is 0 Å². The SMILES string of the molecule is CC(Cl)(CCl)P(=O)(O)O. The van der Waals surface area contributed by atoms with E-state index in [2.05, 4.69) is 0 Å². The molecule has 2 N–H and O–H groups in total. The predicted octanol–water partition coefficient (Wildman–Crippen LogP) is 1.36. The molecule has 0 heterocycles. The van der Waals surface area contributed by atoms with Crippen molar-refractivity contribution in [1.82, 2.24) is 0 Å². The van der Waals surface area contributed by atoms with Gasteiger partial charge in [0, 0.05) is 0 Å². The predicted molar refractivity (Wildman–Crippen MR) is 37.0 cm³/mol. The maximum absolute atomic E-state index is 10.4. The van der Waals surface area contributed by atoms with Crippen LogP contribution in [0.1, 0.15) is 6.92 Å². The van der Waals surface area contributed by atoms with Crippen molar-refractivity contribution in [2.45, 2.75) is 11.5 Å². The lowest BCUT2D eigenvalue weighted by atomic mass is 10.5. The van der Waals surface area contributed by atoms with Crippen molar-refractivity contribution >= 4 is 30.8 Å². The minimum Gasteiger partial charge on any atom is -0.323 e. The van der Waals surface area contributed by atoms with E-state index < -0.39 is 12.2 Å². The third-order valence-electron chi connectivity index (χ3n) is 0.851. The highest BCUT2D eigenvalue weighted by Crippen LogP contribution is 2.53. The molecule has 1 atom stereocenters. The Labute approximate surface area is 63.1 Å². The molecule has 0 aliphatic heterocycles. The molecule has 0 amide bonds. The molecule has 0 aromatic carbocycles. The van der Waals surface area contributed by atoms with Crippen molar-refractivity contribution in [3.8, 4) is 0 Å². The molecule has 0 spiro atoms. The quantitative estimate of drug-likeness (QED) is 0.514. The largest absolute Gasteiger partial charge is 0.347 e. The van der Waals surface area contributed by atoms with Gasteiger partial charge in [-0.05, 0) is 6.92 Å². The smallest absolute Gasteiger partial charge is 0.323 e. The lowest BCUT2D eigenvalue weighted by Gasteiger charge is -2.19. The summed E-state index contributed by atoms with van der Waals surface area (Å²) in [4.78, 5) is 16.9. The molecule has 0 fully saturated rings. The van der Waals surface area contributed by atoms with Gasteiger partial charge in [0.25, 0.3) is 0 Å². The molecule has 3 nitrogen and oxygen atoms in total. The van der Waals surface area contributed by atoms with Crippen LogP contribution in [-0.2, 0) is 4.57 Å². The van der Waals surface area contributed by atoms with Gasteiger partial charge < -0.3 is 9.79 Å². The van der Waals surface area contributed by atoms with Gasteiger partial charge in [-0.15, -0.1) is 23.2 Å². The molecular formula is C3H7Cl2O3P. The number of halogens is 2. The highest BCUT2D eigenvalue weighted by atomic mass is 35.5. The van der Waals surface area contributed by atoms with E-state index in [4.69, 9.17) is 33.0 Å². The summed E-state index contributed by atoms with van der Waals surface area (Å²) >= 11 is 10.5. The first-order valence-corrected chi connectivity index (χ1v) is 4.64. The number of hydrogen-bond donors (Lipinski definition) is 2. The zero-order valence-electron chi connectivity index (χ0n) is 4.71. The van der Waals surface area contributed by atoms with Gasteiger partial charge in [0.2, 0.25) is 0 Å². The van der Waals surface area contributed by atoms with E-state index in [0.717, 1.165) is 0 Å². The van der Waals surface area contributed by atoms with Crippen LogP contribution in [0.3, 0.4) is 0 Å². The van der Waals surface area contributed by atoms with E-state index >= 15 is 0 Å². The van der Waals surface area contributed by atoms with E-state index in [-0.39, 0.29) is 5.88 Å². The van der Waals surface area contributed by atoms with Crippen LogP contribution in [-0.4, -0.2) is 20.3 Å². The standard InChI is InChI=1S/C3H7Cl2O3P/c1-3(5,2-4)9(6,7)8/h2H2,1H3,(H2,6,7,8). The molecule has 0 aromatic rings. The summed E-state index contributed by atoms with van der Waals surface area (Å²) in [6, 6.07) is 0. The van der Waals surface area contributed by atoms with Gasteiger partial charge in [0.1, 0.15) is 0 Å². The summed E-state index contributed by atoms with van der Waals surface area (Å²) in [6.45, 7) is 1.20. The minimum absolute atomic E-state index is 0.265. The maximum Gasteiger partial charge on any atom is 0.347 e. The van der Waals surface area contributed by atoms with Crippen molar-refractivity contribution < 1.29 is 14.4 Å². The van der Waals surface area contributed by atoms with Gasteiger partial charge in [-0.3, -0.25) is 4.57 Å². The third kappa shape index (κ3) is 2.44. The number of alkyl halides is 2. The van der Waals surface area contributed by atoms with Gasteiger partial charge in [-0.1, -0.05) is 0 Å². The molecule has 1 unspecified atom stereocenters. The Hall–Kier alpha value is 0.730. The highest BCUT2D eigenvalue weighted by molar-refractivity contribution is 7.55. The second-order valence-electron chi connectivity index (χ2n) is 1.82. The second kappa shape index (κ2) is 2.77. The van der Waals surface area contributed by atoms with E-state index in [0.29, 0.717) is 0 Å². The number of hydrogen-bond acceptors (Lipinski definition) is 1. The van der Waals surface area contributed by atoms with Crippen LogP contribution >= 0.6 is 30.8 Å². The summed E-state index contributed by atoms with van der Waals surface area (Å²) in [6.07, 6.45) is 0. The van der Waals surface area contributed by atoms with Crippen LogP contribution in [0.5, 0.6) is 0 Å². The highest BCUT2D eigenvalue weighted by Gasteiger charge is 2.39. The molecule has 0 saturated carbocycles. The van der Waals surface area contributed by atoms with Gasteiger partial charge in [0.15, 0.2) is 4.62 Å². The maximum atomic E-state index is 10.4. The van der Waals surface area contributed by atoms with E-state index in [1.54, 1.807) is 0 Å². The van der Waals surface area contributed by atoms with Gasteiger partial charge >= 0.3 is 7.60 Å². The normalized spacial score (nSPS) is 19.2. The fourth-order valence-electron chi connectivity index (χ4n) is 0.0778. The summed E-state index contributed by atoms with van der Waals surface area (Å²) in [5, 5.41) is 0. The fourth-order valence-corrected chi connectivity index (χ4v) is 0.701. The Bertz CT molecular complexity index is 140. The van der Waals surface area contributed by atoms with E-state index in [9.17, 15) is 4.57 Å². The summed E-state index contributed by atoms with van der Waals surface area (Å²) < 4.78 is 8.75. The fraction of sp³-hybridized carbons (Fsp3) is 1.00. The molecule has 0 saturated heterocycles.